The Bertz CT molecular complexity index is 921. The molecule has 0 spiro atoms. The van der Waals surface area contributed by atoms with Crippen LogP contribution in [0.5, 0.6) is 0 Å². The summed E-state index contributed by atoms with van der Waals surface area (Å²) in [5.74, 6) is -0.0852. The van der Waals surface area contributed by atoms with Gasteiger partial charge in [0.15, 0.2) is 0 Å². The molecule has 2 aliphatic heterocycles. The van der Waals surface area contributed by atoms with Gasteiger partial charge in [-0.05, 0) is 37.3 Å². The minimum atomic E-state index is -0.408. The molecule has 0 saturated heterocycles. The van der Waals surface area contributed by atoms with Crippen molar-refractivity contribution in [2.24, 2.45) is 0 Å². The normalized spacial score (nSPS) is 19.6. The molecule has 0 bridgehead atoms. The second kappa shape index (κ2) is 6.54. The van der Waals surface area contributed by atoms with Crippen LogP contribution in [0.4, 0.5) is 10.7 Å². The predicted octanol–water partition coefficient (Wildman–Crippen LogP) is 2.84. The van der Waals surface area contributed by atoms with Crippen molar-refractivity contribution in [3.63, 3.8) is 0 Å². The van der Waals surface area contributed by atoms with E-state index in [1.54, 1.807) is 41.7 Å². The van der Waals surface area contributed by atoms with E-state index in [1.165, 1.54) is 10.9 Å². The highest BCUT2D eigenvalue weighted by Crippen LogP contribution is 2.38. The van der Waals surface area contributed by atoms with Crippen molar-refractivity contribution >= 4 is 34.0 Å². The predicted molar refractivity (Wildman–Crippen MR) is 101 cm³/mol. The number of hydrogen-bond acceptors (Lipinski definition) is 6. The molecule has 2 N–H and O–H groups in total. The smallest absolute Gasteiger partial charge is 0.276 e. The van der Waals surface area contributed by atoms with Crippen molar-refractivity contribution in [1.82, 2.24) is 10.2 Å². The molecular formula is C18H18N4O3S. The van der Waals surface area contributed by atoms with Crippen LogP contribution < -0.4 is 10.6 Å². The van der Waals surface area contributed by atoms with Gasteiger partial charge in [0.05, 0.1) is 16.1 Å². The average Bonchev–Trinajstić information content (AvgIpc) is 2.97. The van der Waals surface area contributed by atoms with Gasteiger partial charge in [-0.3, -0.25) is 14.9 Å². The molecule has 0 radical (unpaired) electrons. The maximum absolute atomic E-state index is 12.6. The highest BCUT2D eigenvalue weighted by Gasteiger charge is 2.31. The molecule has 0 aliphatic carbocycles. The van der Waals surface area contributed by atoms with Gasteiger partial charge in [0, 0.05) is 24.0 Å². The molecule has 0 saturated carbocycles. The Kier molecular flexibility index (Phi) is 4.21. The number of nitrogens with zero attached hydrogens (tertiary/aromatic N) is 2. The molecule has 2 aliphatic rings. The number of carbonyl (C=O) groups excluding carboxylic acids is 1. The summed E-state index contributed by atoms with van der Waals surface area (Å²) in [6.07, 6.45) is 3.90. The number of rotatable bonds is 3. The minimum Gasteiger partial charge on any atom is -0.353 e. The fraction of sp³-hybridized carbons (Fsp3) is 0.278. The van der Waals surface area contributed by atoms with Crippen LogP contribution in [0.25, 0.3) is 6.08 Å². The lowest BCUT2D eigenvalue weighted by atomic mass is 10.0. The number of benzene rings is 1. The summed E-state index contributed by atoms with van der Waals surface area (Å²) >= 11 is 1.62. The Morgan fingerprint density at radius 3 is 2.96 bits per heavy atom. The standard InChI is InChI=1S/C18H18N4O3S/c1-21-9-8-12-14(10-21)26-18-16(12)17(23)19-15(20-18)7-6-11-4-2-3-5-13(11)22(24)25/h2-7,15,20H,8-10H2,1H3,(H,19,23)/b7-6-. The van der Waals surface area contributed by atoms with E-state index in [4.69, 9.17) is 0 Å². The van der Waals surface area contributed by atoms with Crippen molar-refractivity contribution in [3.05, 3.63) is 62.0 Å². The van der Waals surface area contributed by atoms with Crippen LogP contribution in [-0.4, -0.2) is 35.5 Å². The Hall–Kier alpha value is -2.71. The Labute approximate surface area is 154 Å². The zero-order chi connectivity index (χ0) is 18.3. The number of nitro benzene ring substituents is 1. The summed E-state index contributed by atoms with van der Waals surface area (Å²) in [5, 5.41) is 18.2. The number of nitrogens with one attached hydrogen (secondary N) is 2. The lowest BCUT2D eigenvalue weighted by molar-refractivity contribution is -0.385. The molecule has 26 heavy (non-hydrogen) atoms. The van der Waals surface area contributed by atoms with Gasteiger partial charge in [-0.15, -0.1) is 11.3 Å². The van der Waals surface area contributed by atoms with E-state index in [1.807, 2.05) is 0 Å². The van der Waals surface area contributed by atoms with E-state index >= 15 is 0 Å². The van der Waals surface area contributed by atoms with E-state index < -0.39 is 11.1 Å². The number of thiophene rings is 1. The number of nitro groups is 1. The van der Waals surface area contributed by atoms with Gasteiger partial charge in [-0.2, -0.15) is 0 Å². The van der Waals surface area contributed by atoms with Crippen molar-refractivity contribution in [1.29, 1.82) is 0 Å². The third-order valence-corrected chi connectivity index (χ3v) is 5.80. The molecule has 1 aromatic carbocycles. The number of para-hydroxylation sites is 1. The highest BCUT2D eigenvalue weighted by molar-refractivity contribution is 7.16. The van der Waals surface area contributed by atoms with Crippen molar-refractivity contribution < 1.29 is 9.72 Å². The quantitative estimate of drug-likeness (QED) is 0.641. The molecule has 7 nitrogen and oxygen atoms in total. The molecule has 2 aromatic rings. The van der Waals surface area contributed by atoms with Gasteiger partial charge in [-0.25, -0.2) is 0 Å². The number of fused-ring (bicyclic) bond motifs is 3. The lowest BCUT2D eigenvalue weighted by Crippen LogP contribution is -2.43. The van der Waals surface area contributed by atoms with E-state index in [0.29, 0.717) is 5.56 Å². The first-order valence-electron chi connectivity index (χ1n) is 8.35. The topological polar surface area (TPSA) is 87.5 Å². The van der Waals surface area contributed by atoms with E-state index in [2.05, 4.69) is 22.6 Å². The Balaban J connectivity index is 1.59. The summed E-state index contributed by atoms with van der Waals surface area (Å²) in [6, 6.07) is 6.54. The molecular weight excluding hydrogens is 352 g/mol. The molecule has 1 amide bonds. The fourth-order valence-corrected chi connectivity index (χ4v) is 4.72. The first-order valence-corrected chi connectivity index (χ1v) is 9.16. The third-order valence-electron chi connectivity index (χ3n) is 4.65. The zero-order valence-corrected chi connectivity index (χ0v) is 15.0. The van der Waals surface area contributed by atoms with Crippen molar-refractivity contribution in [2.75, 3.05) is 18.9 Å². The molecule has 4 rings (SSSR count). The summed E-state index contributed by atoms with van der Waals surface area (Å²) in [7, 11) is 2.08. The van der Waals surface area contributed by atoms with Crippen LogP contribution in [0, 0.1) is 10.1 Å². The third kappa shape index (κ3) is 2.97. The van der Waals surface area contributed by atoms with Crippen LogP contribution in [0.1, 0.15) is 26.4 Å². The van der Waals surface area contributed by atoms with E-state index in [9.17, 15) is 14.9 Å². The van der Waals surface area contributed by atoms with Crippen LogP contribution in [0.15, 0.2) is 30.3 Å². The summed E-state index contributed by atoms with van der Waals surface area (Å²) in [6.45, 7) is 1.81. The van der Waals surface area contributed by atoms with Crippen molar-refractivity contribution in [3.8, 4) is 0 Å². The van der Waals surface area contributed by atoms with Gasteiger partial charge >= 0.3 is 0 Å². The molecule has 3 heterocycles. The second-order valence-corrected chi connectivity index (χ2v) is 7.57. The first-order chi connectivity index (χ1) is 12.5. The first kappa shape index (κ1) is 16.7. The molecule has 0 fully saturated rings. The van der Waals surface area contributed by atoms with Gasteiger partial charge in [-0.1, -0.05) is 12.1 Å². The molecule has 8 heteroatoms. The van der Waals surface area contributed by atoms with Crippen LogP contribution >= 0.6 is 11.3 Å². The van der Waals surface area contributed by atoms with Gasteiger partial charge in [0.25, 0.3) is 11.6 Å². The maximum Gasteiger partial charge on any atom is 0.276 e. The Morgan fingerprint density at radius 2 is 2.15 bits per heavy atom. The summed E-state index contributed by atoms with van der Waals surface area (Å²) in [5.41, 5.74) is 2.45. The van der Waals surface area contributed by atoms with E-state index in [0.717, 1.165) is 35.6 Å². The van der Waals surface area contributed by atoms with Crippen LogP contribution in [0.3, 0.4) is 0 Å². The average molecular weight is 370 g/mol. The van der Waals surface area contributed by atoms with Crippen LogP contribution in [-0.2, 0) is 13.0 Å². The number of amides is 1. The summed E-state index contributed by atoms with van der Waals surface area (Å²) < 4.78 is 0. The summed E-state index contributed by atoms with van der Waals surface area (Å²) in [4.78, 5) is 26.8. The molecule has 1 unspecified atom stereocenters. The number of hydrogen-bond donors (Lipinski definition) is 2. The van der Waals surface area contributed by atoms with Gasteiger partial charge in [0.1, 0.15) is 11.2 Å². The molecule has 1 aromatic heterocycles. The monoisotopic (exact) mass is 370 g/mol. The molecule has 134 valence electrons. The Morgan fingerprint density at radius 1 is 1.35 bits per heavy atom. The highest BCUT2D eigenvalue weighted by atomic mass is 32.1. The van der Waals surface area contributed by atoms with Crippen molar-refractivity contribution in [2.45, 2.75) is 19.1 Å². The number of likely N-dealkylation sites (N-methyl/N-ethyl adjacent to an activating group) is 1. The number of anilines is 1. The lowest BCUT2D eigenvalue weighted by Gasteiger charge is -2.25. The van der Waals surface area contributed by atoms with Crippen LogP contribution in [0.2, 0.25) is 0 Å². The van der Waals surface area contributed by atoms with Gasteiger partial charge in [0.2, 0.25) is 0 Å². The second-order valence-electron chi connectivity index (χ2n) is 6.47. The van der Waals surface area contributed by atoms with E-state index in [-0.39, 0.29) is 11.6 Å². The largest absolute Gasteiger partial charge is 0.353 e. The zero-order valence-electron chi connectivity index (χ0n) is 14.2. The van der Waals surface area contributed by atoms with Gasteiger partial charge < -0.3 is 15.5 Å². The number of carbonyl (C=O) groups is 1. The molecule has 1 atom stereocenters. The maximum atomic E-state index is 12.6. The fourth-order valence-electron chi connectivity index (χ4n) is 3.35. The minimum absolute atomic E-state index is 0.0428. The SMILES string of the molecule is CN1CCc2c(sc3c2C(=O)NC(/C=C\c2ccccc2[N+](=O)[O-])N3)C1.